The third-order valence-corrected chi connectivity index (χ3v) is 4.03. The molecule has 0 saturated heterocycles. The van der Waals surface area contributed by atoms with Crippen molar-refractivity contribution in [3.63, 3.8) is 0 Å². The number of thiophene rings is 1. The Kier molecular flexibility index (Phi) is 4.02. The van der Waals surface area contributed by atoms with Crippen molar-refractivity contribution in [2.45, 2.75) is 13.8 Å². The molecular formula is C14H12ClNO2S. The van der Waals surface area contributed by atoms with Gasteiger partial charge >= 0.3 is 0 Å². The molecular weight excluding hydrogens is 282 g/mol. The zero-order valence-corrected chi connectivity index (χ0v) is 12.1. The summed E-state index contributed by atoms with van der Waals surface area (Å²) in [6, 6.07) is 8.58. The van der Waals surface area contributed by atoms with Crippen LogP contribution in [0.2, 0.25) is 5.02 Å². The molecule has 0 radical (unpaired) electrons. The van der Waals surface area contributed by atoms with Gasteiger partial charge in [0.15, 0.2) is 5.78 Å². The molecule has 0 saturated carbocycles. The lowest BCUT2D eigenvalue weighted by Crippen LogP contribution is -2.11. The molecule has 2 rings (SSSR count). The van der Waals surface area contributed by atoms with E-state index in [9.17, 15) is 9.59 Å². The van der Waals surface area contributed by atoms with E-state index in [2.05, 4.69) is 5.32 Å². The van der Waals surface area contributed by atoms with Gasteiger partial charge in [-0.05, 0) is 49.7 Å². The van der Waals surface area contributed by atoms with E-state index in [0.717, 1.165) is 5.56 Å². The van der Waals surface area contributed by atoms with Crippen LogP contribution in [0.3, 0.4) is 0 Å². The first-order valence-electron chi connectivity index (χ1n) is 5.65. The summed E-state index contributed by atoms with van der Waals surface area (Å²) in [6.45, 7) is 3.35. The predicted molar refractivity (Wildman–Crippen MR) is 78.5 cm³/mol. The van der Waals surface area contributed by atoms with Crippen molar-refractivity contribution in [2.24, 2.45) is 0 Å². The van der Waals surface area contributed by atoms with Gasteiger partial charge in [0.1, 0.15) is 0 Å². The summed E-state index contributed by atoms with van der Waals surface area (Å²) in [5.41, 5.74) is 1.61. The van der Waals surface area contributed by atoms with Crippen LogP contribution in [0, 0.1) is 6.92 Å². The van der Waals surface area contributed by atoms with Crippen LogP contribution < -0.4 is 5.32 Å². The number of aryl methyl sites for hydroxylation is 1. The third-order valence-electron chi connectivity index (χ3n) is 2.61. The Morgan fingerprint density at radius 3 is 2.42 bits per heavy atom. The lowest BCUT2D eigenvalue weighted by atomic mass is 10.2. The standard InChI is InChI=1S/C14H12ClNO2S/c1-8-7-10(15)3-4-11(8)16-14(18)13-6-5-12(19-13)9(2)17/h3-7H,1-2H3,(H,16,18). The van der Waals surface area contributed by atoms with Crippen molar-refractivity contribution in [2.75, 3.05) is 5.32 Å². The van der Waals surface area contributed by atoms with Crippen LogP contribution in [0.15, 0.2) is 30.3 Å². The zero-order valence-electron chi connectivity index (χ0n) is 10.5. The van der Waals surface area contributed by atoms with Gasteiger partial charge in [0.2, 0.25) is 0 Å². The first kappa shape index (κ1) is 13.8. The summed E-state index contributed by atoms with van der Waals surface area (Å²) in [7, 11) is 0. The van der Waals surface area contributed by atoms with E-state index in [4.69, 9.17) is 11.6 Å². The molecule has 19 heavy (non-hydrogen) atoms. The van der Waals surface area contributed by atoms with Gasteiger partial charge in [-0.3, -0.25) is 9.59 Å². The molecule has 0 unspecified atom stereocenters. The molecule has 0 aliphatic rings. The second-order valence-electron chi connectivity index (χ2n) is 4.13. The van der Waals surface area contributed by atoms with Gasteiger partial charge in [-0.1, -0.05) is 11.6 Å². The average molecular weight is 294 g/mol. The summed E-state index contributed by atoms with van der Waals surface area (Å²) in [5, 5.41) is 3.44. The monoisotopic (exact) mass is 293 g/mol. The molecule has 0 bridgehead atoms. The highest BCUT2D eigenvalue weighted by molar-refractivity contribution is 7.16. The number of halogens is 1. The number of amides is 1. The molecule has 0 aliphatic heterocycles. The van der Waals surface area contributed by atoms with E-state index >= 15 is 0 Å². The van der Waals surface area contributed by atoms with Gasteiger partial charge in [0.05, 0.1) is 9.75 Å². The zero-order chi connectivity index (χ0) is 14.0. The van der Waals surface area contributed by atoms with E-state index < -0.39 is 0 Å². The second kappa shape index (κ2) is 5.55. The summed E-state index contributed by atoms with van der Waals surface area (Å²) in [5.74, 6) is -0.255. The molecule has 1 heterocycles. The fraction of sp³-hybridized carbons (Fsp3) is 0.143. The molecule has 2 aromatic rings. The van der Waals surface area contributed by atoms with E-state index in [1.807, 2.05) is 6.92 Å². The number of hydrogen-bond acceptors (Lipinski definition) is 3. The van der Waals surface area contributed by atoms with Crippen LogP contribution in [0.5, 0.6) is 0 Å². The van der Waals surface area contributed by atoms with E-state index in [1.165, 1.54) is 18.3 Å². The number of hydrogen-bond donors (Lipinski definition) is 1. The van der Waals surface area contributed by atoms with Crippen molar-refractivity contribution < 1.29 is 9.59 Å². The van der Waals surface area contributed by atoms with Crippen LogP contribution in [-0.2, 0) is 0 Å². The first-order valence-corrected chi connectivity index (χ1v) is 6.85. The molecule has 0 atom stereocenters. The van der Waals surface area contributed by atoms with Crippen LogP contribution in [0.4, 0.5) is 5.69 Å². The van der Waals surface area contributed by atoms with Gasteiger partial charge in [-0.2, -0.15) is 0 Å². The Balaban J connectivity index is 2.18. The number of Topliss-reactive ketones (excluding diaryl/α,β-unsaturated/α-hetero) is 1. The maximum atomic E-state index is 12.0. The Hall–Kier alpha value is -1.65. The fourth-order valence-corrected chi connectivity index (χ4v) is 2.62. The maximum Gasteiger partial charge on any atom is 0.265 e. The summed E-state index contributed by atoms with van der Waals surface area (Å²) in [6.07, 6.45) is 0. The number of rotatable bonds is 3. The molecule has 1 N–H and O–H groups in total. The summed E-state index contributed by atoms with van der Waals surface area (Å²) >= 11 is 7.05. The minimum atomic E-state index is -0.220. The van der Waals surface area contributed by atoms with Crippen molar-refractivity contribution in [3.05, 3.63) is 50.7 Å². The van der Waals surface area contributed by atoms with Crippen LogP contribution in [-0.4, -0.2) is 11.7 Å². The van der Waals surface area contributed by atoms with Gasteiger partial charge in [0, 0.05) is 10.7 Å². The van der Waals surface area contributed by atoms with E-state index in [-0.39, 0.29) is 11.7 Å². The maximum absolute atomic E-state index is 12.0. The van der Waals surface area contributed by atoms with Crippen molar-refractivity contribution in [1.29, 1.82) is 0 Å². The largest absolute Gasteiger partial charge is 0.321 e. The second-order valence-corrected chi connectivity index (χ2v) is 5.65. The quantitative estimate of drug-likeness (QED) is 0.864. The lowest BCUT2D eigenvalue weighted by Gasteiger charge is -2.07. The summed E-state index contributed by atoms with van der Waals surface area (Å²) < 4.78 is 0. The number of carbonyl (C=O) groups is 2. The van der Waals surface area contributed by atoms with Gasteiger partial charge in [-0.25, -0.2) is 0 Å². The molecule has 3 nitrogen and oxygen atoms in total. The fourth-order valence-electron chi connectivity index (χ4n) is 1.60. The molecule has 5 heteroatoms. The highest BCUT2D eigenvalue weighted by atomic mass is 35.5. The average Bonchev–Trinajstić information content (AvgIpc) is 2.82. The normalized spacial score (nSPS) is 10.3. The molecule has 0 aliphatic carbocycles. The van der Waals surface area contributed by atoms with Crippen molar-refractivity contribution >= 4 is 40.3 Å². The number of benzene rings is 1. The van der Waals surface area contributed by atoms with E-state index in [1.54, 1.807) is 30.3 Å². The number of carbonyl (C=O) groups excluding carboxylic acids is 2. The molecule has 1 aromatic carbocycles. The van der Waals surface area contributed by atoms with Crippen molar-refractivity contribution in [3.8, 4) is 0 Å². The first-order chi connectivity index (χ1) is 8.97. The van der Waals surface area contributed by atoms with Crippen LogP contribution in [0.1, 0.15) is 31.8 Å². The van der Waals surface area contributed by atoms with Crippen LogP contribution >= 0.6 is 22.9 Å². The molecule has 1 amide bonds. The minimum Gasteiger partial charge on any atom is -0.321 e. The third kappa shape index (κ3) is 3.22. The highest BCUT2D eigenvalue weighted by Gasteiger charge is 2.12. The Morgan fingerprint density at radius 2 is 1.84 bits per heavy atom. The van der Waals surface area contributed by atoms with Crippen LogP contribution in [0.25, 0.3) is 0 Å². The highest BCUT2D eigenvalue weighted by Crippen LogP contribution is 2.22. The predicted octanol–water partition coefficient (Wildman–Crippen LogP) is 4.16. The number of ketones is 1. The lowest BCUT2D eigenvalue weighted by molar-refractivity contribution is 0.101. The topological polar surface area (TPSA) is 46.2 Å². The van der Waals surface area contributed by atoms with Gasteiger partial charge in [0.25, 0.3) is 5.91 Å². The Labute approximate surface area is 120 Å². The molecule has 98 valence electrons. The molecule has 0 fully saturated rings. The van der Waals surface area contributed by atoms with E-state index in [0.29, 0.717) is 20.5 Å². The Morgan fingerprint density at radius 1 is 1.16 bits per heavy atom. The molecule has 0 spiro atoms. The smallest absolute Gasteiger partial charge is 0.265 e. The van der Waals surface area contributed by atoms with Gasteiger partial charge < -0.3 is 5.32 Å². The molecule has 1 aromatic heterocycles. The minimum absolute atomic E-state index is 0.0354. The SMILES string of the molecule is CC(=O)c1ccc(C(=O)Nc2ccc(Cl)cc2C)s1. The number of anilines is 1. The van der Waals surface area contributed by atoms with Crippen molar-refractivity contribution in [1.82, 2.24) is 0 Å². The summed E-state index contributed by atoms with van der Waals surface area (Å²) in [4.78, 5) is 24.3. The van der Waals surface area contributed by atoms with Gasteiger partial charge in [-0.15, -0.1) is 11.3 Å². The number of nitrogens with one attached hydrogen (secondary N) is 1. The Bertz CT molecular complexity index is 649.